The van der Waals surface area contributed by atoms with Crippen LogP contribution in [0.15, 0.2) is 0 Å². The fraction of sp³-hybridized carbons (Fsp3) is 1.00. The van der Waals surface area contributed by atoms with Gasteiger partial charge < -0.3 is 14.8 Å². The summed E-state index contributed by atoms with van der Waals surface area (Å²) in [4.78, 5) is 0. The van der Waals surface area contributed by atoms with Crippen molar-refractivity contribution in [1.29, 1.82) is 0 Å². The predicted molar refractivity (Wildman–Crippen MR) is 67.1 cm³/mol. The van der Waals surface area contributed by atoms with E-state index in [4.69, 9.17) is 9.47 Å². The van der Waals surface area contributed by atoms with E-state index in [1.165, 1.54) is 44.9 Å². The van der Waals surface area contributed by atoms with Crippen LogP contribution in [-0.4, -0.2) is 38.0 Å². The summed E-state index contributed by atoms with van der Waals surface area (Å²) in [5.74, 6) is 0.858. The van der Waals surface area contributed by atoms with Gasteiger partial charge in [-0.3, -0.25) is 0 Å². The van der Waals surface area contributed by atoms with Crippen molar-refractivity contribution in [2.24, 2.45) is 5.92 Å². The molecule has 1 saturated heterocycles. The third-order valence-electron chi connectivity index (χ3n) is 4.63. The van der Waals surface area contributed by atoms with Crippen LogP contribution in [0.3, 0.4) is 0 Å². The Morgan fingerprint density at radius 1 is 1.12 bits per heavy atom. The van der Waals surface area contributed by atoms with E-state index in [0.29, 0.717) is 24.3 Å². The Labute approximate surface area is 104 Å². The first-order valence-electron chi connectivity index (χ1n) is 7.27. The second kappa shape index (κ2) is 5.25. The third kappa shape index (κ3) is 2.83. The molecule has 0 amide bonds. The summed E-state index contributed by atoms with van der Waals surface area (Å²) in [7, 11) is 1.85. The van der Waals surface area contributed by atoms with Crippen LogP contribution >= 0.6 is 0 Å². The highest BCUT2D eigenvalue weighted by atomic mass is 16.5. The van der Waals surface area contributed by atoms with E-state index in [0.717, 1.165) is 12.5 Å². The highest BCUT2D eigenvalue weighted by molar-refractivity contribution is 4.95. The molecule has 1 aliphatic heterocycles. The summed E-state index contributed by atoms with van der Waals surface area (Å²) in [6.07, 6.45) is 10.00. The van der Waals surface area contributed by atoms with Gasteiger partial charge in [-0.2, -0.15) is 0 Å². The van der Waals surface area contributed by atoms with Crippen LogP contribution in [-0.2, 0) is 9.47 Å². The molecule has 0 bridgehead atoms. The molecule has 98 valence electrons. The van der Waals surface area contributed by atoms with Gasteiger partial charge in [0.1, 0.15) is 0 Å². The summed E-state index contributed by atoms with van der Waals surface area (Å²) in [6, 6.07) is 1.27. The molecular formula is C14H25NO2. The lowest BCUT2D eigenvalue weighted by molar-refractivity contribution is 0.0478. The van der Waals surface area contributed by atoms with Crippen LogP contribution in [0, 0.1) is 5.92 Å². The molecule has 3 fully saturated rings. The number of hydrogen-bond donors (Lipinski definition) is 1. The highest BCUT2D eigenvalue weighted by Crippen LogP contribution is 2.39. The molecule has 0 aromatic carbocycles. The van der Waals surface area contributed by atoms with Crippen LogP contribution in [0.1, 0.15) is 44.9 Å². The Hall–Kier alpha value is -0.120. The number of rotatable bonds is 4. The first-order valence-corrected chi connectivity index (χ1v) is 7.27. The van der Waals surface area contributed by atoms with E-state index in [1.807, 2.05) is 7.11 Å². The fourth-order valence-electron chi connectivity index (χ4n) is 3.49. The molecular weight excluding hydrogens is 214 g/mol. The van der Waals surface area contributed by atoms with Crippen LogP contribution in [0.25, 0.3) is 0 Å². The summed E-state index contributed by atoms with van der Waals surface area (Å²) in [5.41, 5.74) is 0. The molecule has 0 spiro atoms. The molecule has 17 heavy (non-hydrogen) atoms. The largest absolute Gasteiger partial charge is 0.381 e. The number of ether oxygens (including phenoxy) is 2. The summed E-state index contributed by atoms with van der Waals surface area (Å²) >= 11 is 0. The van der Waals surface area contributed by atoms with Crippen molar-refractivity contribution in [3.05, 3.63) is 0 Å². The minimum absolute atomic E-state index is 0.475. The molecule has 0 aromatic rings. The smallest absolute Gasteiger partial charge is 0.0757 e. The van der Waals surface area contributed by atoms with Gasteiger partial charge in [-0.05, 0) is 50.9 Å². The SMILES string of the molecule is COC1CCCC(NC2CCOC2C2CC2)C1. The standard InChI is InChI=1S/C14H25NO2/c1-16-12-4-2-3-11(9-12)15-13-7-8-17-14(13)10-5-6-10/h10-15H,2-9H2,1H3. The average molecular weight is 239 g/mol. The van der Waals surface area contributed by atoms with Gasteiger partial charge in [0, 0.05) is 25.8 Å². The van der Waals surface area contributed by atoms with Gasteiger partial charge in [-0.15, -0.1) is 0 Å². The lowest BCUT2D eigenvalue weighted by atomic mass is 9.91. The van der Waals surface area contributed by atoms with Crippen molar-refractivity contribution in [3.63, 3.8) is 0 Å². The van der Waals surface area contributed by atoms with Gasteiger partial charge in [0.25, 0.3) is 0 Å². The Kier molecular flexibility index (Phi) is 3.69. The van der Waals surface area contributed by atoms with Crippen molar-refractivity contribution in [3.8, 4) is 0 Å². The predicted octanol–water partition coefficient (Wildman–Crippen LogP) is 2.10. The van der Waals surface area contributed by atoms with Crippen molar-refractivity contribution in [2.45, 2.75) is 69.2 Å². The zero-order chi connectivity index (χ0) is 11.7. The molecule has 4 atom stereocenters. The van der Waals surface area contributed by atoms with Crippen molar-refractivity contribution < 1.29 is 9.47 Å². The van der Waals surface area contributed by atoms with Gasteiger partial charge in [-0.25, -0.2) is 0 Å². The maximum atomic E-state index is 5.89. The molecule has 3 rings (SSSR count). The zero-order valence-electron chi connectivity index (χ0n) is 10.9. The second-order valence-corrected chi connectivity index (χ2v) is 5.96. The third-order valence-corrected chi connectivity index (χ3v) is 4.63. The highest BCUT2D eigenvalue weighted by Gasteiger charge is 2.41. The van der Waals surface area contributed by atoms with Gasteiger partial charge >= 0.3 is 0 Å². The van der Waals surface area contributed by atoms with Gasteiger partial charge in [0.15, 0.2) is 0 Å². The fourth-order valence-corrected chi connectivity index (χ4v) is 3.49. The molecule has 0 aromatic heterocycles. The zero-order valence-corrected chi connectivity index (χ0v) is 10.9. The summed E-state index contributed by atoms with van der Waals surface area (Å²) in [6.45, 7) is 0.958. The van der Waals surface area contributed by atoms with Gasteiger partial charge in [-0.1, -0.05) is 0 Å². The molecule has 1 heterocycles. The first-order chi connectivity index (χ1) is 8.36. The molecule has 1 N–H and O–H groups in total. The summed E-state index contributed by atoms with van der Waals surface area (Å²) in [5, 5.41) is 3.85. The van der Waals surface area contributed by atoms with Crippen molar-refractivity contribution >= 4 is 0 Å². The molecule has 0 radical (unpaired) electrons. The van der Waals surface area contributed by atoms with Crippen LogP contribution in [0.4, 0.5) is 0 Å². The van der Waals surface area contributed by atoms with E-state index in [1.54, 1.807) is 0 Å². The van der Waals surface area contributed by atoms with Crippen molar-refractivity contribution in [2.75, 3.05) is 13.7 Å². The molecule has 3 aliphatic rings. The number of methoxy groups -OCH3 is 1. The molecule has 2 aliphatic carbocycles. The normalized spacial score (nSPS) is 42.9. The first kappa shape index (κ1) is 11.9. The Bertz CT molecular complexity index is 255. The van der Waals surface area contributed by atoms with Crippen molar-refractivity contribution in [1.82, 2.24) is 5.32 Å². The van der Waals surface area contributed by atoms with Gasteiger partial charge in [0.05, 0.1) is 12.2 Å². The molecule has 3 heteroatoms. The molecule has 2 saturated carbocycles. The lowest BCUT2D eigenvalue weighted by Crippen LogP contribution is -2.46. The van der Waals surface area contributed by atoms with Crippen LogP contribution in [0.5, 0.6) is 0 Å². The van der Waals surface area contributed by atoms with E-state index >= 15 is 0 Å². The molecule has 4 unspecified atom stereocenters. The minimum atomic E-state index is 0.475. The Morgan fingerprint density at radius 2 is 2.00 bits per heavy atom. The quantitative estimate of drug-likeness (QED) is 0.815. The second-order valence-electron chi connectivity index (χ2n) is 5.96. The van der Waals surface area contributed by atoms with E-state index in [2.05, 4.69) is 5.32 Å². The maximum absolute atomic E-state index is 5.89. The monoisotopic (exact) mass is 239 g/mol. The van der Waals surface area contributed by atoms with E-state index in [9.17, 15) is 0 Å². The van der Waals surface area contributed by atoms with Crippen LogP contribution in [0.2, 0.25) is 0 Å². The van der Waals surface area contributed by atoms with Gasteiger partial charge in [0.2, 0.25) is 0 Å². The van der Waals surface area contributed by atoms with E-state index in [-0.39, 0.29) is 0 Å². The summed E-state index contributed by atoms with van der Waals surface area (Å²) < 4.78 is 11.4. The Balaban J connectivity index is 1.51. The number of nitrogens with one attached hydrogen (secondary N) is 1. The Morgan fingerprint density at radius 3 is 2.76 bits per heavy atom. The van der Waals surface area contributed by atoms with Crippen LogP contribution < -0.4 is 5.32 Å². The maximum Gasteiger partial charge on any atom is 0.0757 e. The minimum Gasteiger partial charge on any atom is -0.381 e. The topological polar surface area (TPSA) is 30.5 Å². The lowest BCUT2D eigenvalue weighted by Gasteiger charge is -2.32. The van der Waals surface area contributed by atoms with E-state index < -0.39 is 0 Å². The molecule has 3 nitrogen and oxygen atoms in total. The number of hydrogen-bond acceptors (Lipinski definition) is 3. The average Bonchev–Trinajstić information content (AvgIpc) is 3.11.